The Kier molecular flexibility index (Phi) is 10.8. The van der Waals surface area contributed by atoms with Gasteiger partial charge in [0.25, 0.3) is 0 Å². The van der Waals surface area contributed by atoms with Gasteiger partial charge in [0, 0.05) is 34.9 Å². The molecule has 0 atom stereocenters. The van der Waals surface area contributed by atoms with E-state index in [4.69, 9.17) is 4.42 Å². The minimum atomic E-state index is -4.81. The van der Waals surface area contributed by atoms with Crippen molar-refractivity contribution in [3.63, 3.8) is 0 Å². The molecule has 6 aromatic carbocycles. The maximum Gasteiger partial charge on any atom is 0.418 e. The molecule has 0 amide bonds. The van der Waals surface area contributed by atoms with E-state index < -0.39 is 23.5 Å². The van der Waals surface area contributed by atoms with Crippen molar-refractivity contribution in [2.24, 2.45) is 0 Å². The van der Waals surface area contributed by atoms with Gasteiger partial charge in [-0.2, -0.15) is 26.3 Å². The smallest absolute Gasteiger partial charge is 0.418 e. The van der Waals surface area contributed by atoms with Crippen LogP contribution in [0.15, 0.2) is 211 Å². The molecule has 0 saturated carbocycles. The Balaban J connectivity index is 1.08. The molecule has 0 spiro atoms. The molecule has 9 rings (SSSR count). The predicted molar refractivity (Wildman–Crippen MR) is 235 cm³/mol. The van der Waals surface area contributed by atoms with E-state index in [2.05, 4.69) is 9.97 Å². The van der Waals surface area contributed by atoms with E-state index in [1.807, 2.05) is 84.9 Å². The van der Waals surface area contributed by atoms with Crippen LogP contribution >= 0.6 is 0 Å². The molecule has 5 nitrogen and oxygen atoms in total. The lowest BCUT2D eigenvalue weighted by molar-refractivity contribution is -0.137. The van der Waals surface area contributed by atoms with Gasteiger partial charge in [-0.25, -0.2) is 0 Å². The Morgan fingerprint density at radius 3 is 1.06 bits per heavy atom. The largest absolute Gasteiger partial charge is 0.456 e. The number of halogens is 6. The van der Waals surface area contributed by atoms with Crippen molar-refractivity contribution in [2.45, 2.75) is 12.4 Å². The fraction of sp³-hybridized carbons (Fsp3) is 0.0385. The third kappa shape index (κ3) is 8.54. The monoisotopic (exact) mass is 844 g/mol. The van der Waals surface area contributed by atoms with Crippen LogP contribution in [0.3, 0.4) is 0 Å². The molecule has 0 fully saturated rings. The molecule has 0 aliphatic heterocycles. The van der Waals surface area contributed by atoms with Crippen LogP contribution < -0.4 is 9.80 Å². The van der Waals surface area contributed by atoms with Gasteiger partial charge in [0.05, 0.1) is 46.3 Å². The van der Waals surface area contributed by atoms with Crippen LogP contribution in [0.25, 0.3) is 44.9 Å². The van der Waals surface area contributed by atoms with Gasteiger partial charge in [-0.3, -0.25) is 9.97 Å². The number of anilines is 6. The van der Waals surface area contributed by atoms with Crippen LogP contribution in [0.2, 0.25) is 0 Å². The van der Waals surface area contributed by atoms with Gasteiger partial charge in [-0.05, 0) is 119 Å². The predicted octanol–water partition coefficient (Wildman–Crippen LogP) is 15.7. The summed E-state index contributed by atoms with van der Waals surface area (Å²) in [4.78, 5) is 11.3. The first-order valence-electron chi connectivity index (χ1n) is 19.8. The highest BCUT2D eigenvalue weighted by atomic mass is 19.4. The highest BCUT2D eigenvalue weighted by molar-refractivity contribution is 5.84. The normalized spacial score (nSPS) is 11.7. The van der Waals surface area contributed by atoms with Crippen LogP contribution in [0.4, 0.5) is 60.5 Å². The van der Waals surface area contributed by atoms with Crippen molar-refractivity contribution in [3.05, 3.63) is 218 Å². The van der Waals surface area contributed by atoms with Gasteiger partial charge in [0.1, 0.15) is 11.5 Å². The van der Waals surface area contributed by atoms with Crippen LogP contribution in [-0.4, -0.2) is 9.97 Å². The number of hydrogen-bond donors (Lipinski definition) is 0. The third-order valence-corrected chi connectivity index (χ3v) is 10.5. The number of furan rings is 1. The van der Waals surface area contributed by atoms with E-state index in [0.29, 0.717) is 22.7 Å². The molecule has 0 bridgehead atoms. The van der Waals surface area contributed by atoms with Gasteiger partial charge in [-0.15, -0.1) is 0 Å². The molecule has 3 aromatic heterocycles. The molecule has 9 aromatic rings. The first-order chi connectivity index (χ1) is 30.5. The Morgan fingerprint density at radius 2 is 0.714 bits per heavy atom. The molecule has 3 heterocycles. The number of pyridine rings is 2. The number of nitrogens with zero attached hydrogens (tertiary/aromatic N) is 4. The standard InChI is InChI=1S/C52H34F6N4O/c53-51(54,55)45-31-39(19-25-47(45)61(43-13-7-29-59-33-43)41-21-15-37(16-22-41)35-9-3-1-4-10-35)49-27-28-50(63-49)40-20-26-48(46(32-40)52(56,57)58)62(44-14-8-30-60-34-44)42-23-17-38(18-24-42)36-11-5-2-6-12-36/h1-34H. The van der Waals surface area contributed by atoms with Crippen LogP contribution in [0.5, 0.6) is 0 Å². The molecule has 310 valence electrons. The minimum Gasteiger partial charge on any atom is -0.456 e. The van der Waals surface area contributed by atoms with Gasteiger partial charge >= 0.3 is 12.4 Å². The summed E-state index contributed by atoms with van der Waals surface area (Å²) in [6.45, 7) is 0. The summed E-state index contributed by atoms with van der Waals surface area (Å²) in [5.74, 6) is 0.0747. The fourth-order valence-electron chi connectivity index (χ4n) is 7.56. The van der Waals surface area contributed by atoms with Gasteiger partial charge in [0.15, 0.2) is 0 Å². The van der Waals surface area contributed by atoms with E-state index in [0.717, 1.165) is 34.4 Å². The van der Waals surface area contributed by atoms with Crippen LogP contribution in [-0.2, 0) is 12.4 Å². The second-order valence-corrected chi connectivity index (χ2v) is 14.5. The zero-order valence-corrected chi connectivity index (χ0v) is 33.1. The molecule has 0 unspecified atom stereocenters. The van der Waals surface area contributed by atoms with E-state index in [1.165, 1.54) is 71.0 Å². The van der Waals surface area contributed by atoms with Crippen molar-refractivity contribution < 1.29 is 30.8 Å². The number of alkyl halides is 6. The van der Waals surface area contributed by atoms with Gasteiger partial charge < -0.3 is 14.2 Å². The second kappa shape index (κ2) is 16.9. The molecule has 0 N–H and O–H groups in total. The number of aromatic nitrogens is 2. The summed E-state index contributed by atoms with van der Waals surface area (Å²) in [5, 5.41) is 0. The zero-order chi connectivity index (χ0) is 43.6. The Morgan fingerprint density at radius 1 is 0.349 bits per heavy atom. The highest BCUT2D eigenvalue weighted by Gasteiger charge is 2.38. The van der Waals surface area contributed by atoms with E-state index in [9.17, 15) is 0 Å². The Bertz CT molecular complexity index is 2760. The minimum absolute atomic E-state index is 0.0373. The quantitative estimate of drug-likeness (QED) is 0.128. The summed E-state index contributed by atoms with van der Waals surface area (Å²) < 4.78 is 96.7. The molecule has 63 heavy (non-hydrogen) atoms. The Hall–Kier alpha value is -7.92. The van der Waals surface area contributed by atoms with Gasteiger partial charge in [0.2, 0.25) is 0 Å². The zero-order valence-electron chi connectivity index (χ0n) is 33.1. The second-order valence-electron chi connectivity index (χ2n) is 14.5. The number of rotatable bonds is 10. The average molecular weight is 845 g/mol. The summed E-state index contributed by atoms with van der Waals surface area (Å²) >= 11 is 0. The van der Waals surface area contributed by atoms with Crippen LogP contribution in [0, 0.1) is 0 Å². The summed E-state index contributed by atoms with van der Waals surface area (Å²) in [6.07, 6.45) is -3.59. The molecule has 0 saturated heterocycles. The SMILES string of the molecule is FC(F)(F)c1cc(-c2ccc(-c3ccc(N(c4ccc(-c5ccccc5)cc4)c4cccnc4)c(C(F)(F)F)c3)o2)ccc1N(c1ccc(-c2ccccc2)cc1)c1cccnc1. The molecule has 11 heteroatoms. The first-order valence-corrected chi connectivity index (χ1v) is 19.8. The van der Waals surface area contributed by atoms with Crippen molar-refractivity contribution in [2.75, 3.05) is 9.80 Å². The lowest BCUT2D eigenvalue weighted by Crippen LogP contribution is -2.17. The number of benzene rings is 6. The van der Waals surface area contributed by atoms with Crippen molar-refractivity contribution >= 4 is 34.1 Å². The molecule has 0 aliphatic rings. The number of hydrogen-bond acceptors (Lipinski definition) is 5. The average Bonchev–Trinajstić information content (AvgIpc) is 3.81. The molecule has 0 radical (unpaired) electrons. The first kappa shape index (κ1) is 40.5. The van der Waals surface area contributed by atoms with Crippen LogP contribution in [0.1, 0.15) is 11.1 Å². The summed E-state index contributed by atoms with van der Waals surface area (Å²) in [5.41, 5.74) is 3.38. The molecular formula is C52H34F6N4O. The topological polar surface area (TPSA) is 45.4 Å². The molecule has 0 aliphatic carbocycles. The third-order valence-electron chi connectivity index (χ3n) is 10.5. The van der Waals surface area contributed by atoms with Crippen molar-refractivity contribution in [3.8, 4) is 44.9 Å². The van der Waals surface area contributed by atoms with E-state index >= 15 is 26.3 Å². The van der Waals surface area contributed by atoms with E-state index in [1.54, 1.807) is 48.5 Å². The lowest BCUT2D eigenvalue weighted by atomic mass is 10.0. The highest BCUT2D eigenvalue weighted by Crippen LogP contribution is 2.47. The Labute approximate surface area is 358 Å². The summed E-state index contributed by atoms with van der Waals surface area (Å²) in [7, 11) is 0. The van der Waals surface area contributed by atoms with Crippen molar-refractivity contribution in [1.29, 1.82) is 0 Å². The fourth-order valence-corrected chi connectivity index (χ4v) is 7.56. The summed E-state index contributed by atoms with van der Waals surface area (Å²) in [6, 6.07) is 50.8. The van der Waals surface area contributed by atoms with Gasteiger partial charge in [-0.1, -0.05) is 84.9 Å². The van der Waals surface area contributed by atoms with E-state index in [-0.39, 0.29) is 34.0 Å². The molecular weight excluding hydrogens is 811 g/mol. The lowest BCUT2D eigenvalue weighted by Gasteiger charge is -2.28. The maximum atomic E-state index is 15.1. The maximum absolute atomic E-state index is 15.1. The van der Waals surface area contributed by atoms with Crippen molar-refractivity contribution in [1.82, 2.24) is 9.97 Å².